The maximum atomic E-state index is 13.4. The molecule has 0 aliphatic carbocycles. The van der Waals surface area contributed by atoms with Crippen LogP contribution in [-0.2, 0) is 25.4 Å². The van der Waals surface area contributed by atoms with Gasteiger partial charge in [-0.25, -0.2) is 4.79 Å². The molecule has 5 rings (SSSR count). The lowest BCUT2D eigenvalue weighted by molar-refractivity contribution is 0.0478. The second-order valence-corrected chi connectivity index (χ2v) is 9.17. The third-order valence-electron chi connectivity index (χ3n) is 6.43. The highest BCUT2D eigenvalue weighted by atomic mass is 16.5. The van der Waals surface area contributed by atoms with Crippen molar-refractivity contribution in [2.45, 2.75) is 39.5 Å². The van der Waals surface area contributed by atoms with Crippen LogP contribution in [0.3, 0.4) is 0 Å². The van der Waals surface area contributed by atoms with E-state index in [-0.39, 0.29) is 17.4 Å². The van der Waals surface area contributed by atoms with E-state index in [4.69, 9.17) is 9.47 Å². The second-order valence-electron chi connectivity index (χ2n) is 9.17. The van der Waals surface area contributed by atoms with Crippen LogP contribution in [0.1, 0.15) is 36.8 Å². The Balaban J connectivity index is 1.81. The van der Waals surface area contributed by atoms with Crippen LogP contribution in [0.2, 0.25) is 0 Å². The molecule has 7 heteroatoms. The van der Waals surface area contributed by atoms with Gasteiger partial charge < -0.3 is 14.0 Å². The molecule has 1 atom stereocenters. The monoisotopic (exact) mass is 459 g/mol. The van der Waals surface area contributed by atoms with Gasteiger partial charge in [0, 0.05) is 20.6 Å². The Morgan fingerprint density at radius 3 is 2.29 bits per heavy atom. The van der Waals surface area contributed by atoms with Crippen molar-refractivity contribution in [1.82, 2.24) is 13.7 Å². The molecule has 0 radical (unpaired) electrons. The number of aromatic nitrogens is 3. The zero-order valence-electron chi connectivity index (χ0n) is 20.2. The Morgan fingerprint density at radius 1 is 0.971 bits per heavy atom. The molecule has 34 heavy (non-hydrogen) atoms. The number of rotatable bonds is 4. The van der Waals surface area contributed by atoms with Crippen LogP contribution < -0.4 is 16.0 Å². The molecule has 0 unspecified atom stereocenters. The van der Waals surface area contributed by atoms with E-state index < -0.39 is 6.10 Å². The summed E-state index contributed by atoms with van der Waals surface area (Å²) in [7, 11) is 3.25. The molecule has 0 N–H and O–H groups in total. The fourth-order valence-corrected chi connectivity index (χ4v) is 4.84. The number of aryl methyl sites for hydroxylation is 2. The van der Waals surface area contributed by atoms with Crippen molar-refractivity contribution in [3.63, 3.8) is 0 Å². The topological polar surface area (TPSA) is 67.4 Å². The number of hydrogen-bond acceptors (Lipinski definition) is 4. The molecule has 0 saturated heterocycles. The summed E-state index contributed by atoms with van der Waals surface area (Å²) in [5, 5.41) is 0.540. The van der Waals surface area contributed by atoms with Gasteiger partial charge >= 0.3 is 5.69 Å². The Morgan fingerprint density at radius 2 is 1.65 bits per heavy atom. The molecule has 0 spiro atoms. The zero-order chi connectivity index (χ0) is 24.1. The first-order valence-corrected chi connectivity index (χ1v) is 11.5. The Labute approximate surface area is 197 Å². The minimum absolute atomic E-state index is 0.0840. The summed E-state index contributed by atoms with van der Waals surface area (Å²) < 4.78 is 17.0. The van der Waals surface area contributed by atoms with Gasteiger partial charge in [-0.3, -0.25) is 13.9 Å². The average molecular weight is 460 g/mol. The average Bonchev–Trinajstić information content (AvgIpc) is 3.17. The van der Waals surface area contributed by atoms with Crippen molar-refractivity contribution in [3.05, 3.63) is 86.2 Å². The SMILES string of the molecule is Cc1ccc(-c2c3c(=O)n(C)c(=O)n(C)c3c3n2CCO[C@H]3c2ccc(OC(C)C)cc2)cc1. The van der Waals surface area contributed by atoms with E-state index in [2.05, 4.69) is 4.57 Å². The summed E-state index contributed by atoms with van der Waals surface area (Å²) in [6.07, 6.45) is -0.331. The maximum absolute atomic E-state index is 13.4. The van der Waals surface area contributed by atoms with Crippen LogP contribution in [0.15, 0.2) is 58.1 Å². The minimum Gasteiger partial charge on any atom is -0.491 e. The van der Waals surface area contributed by atoms with Gasteiger partial charge in [0.05, 0.1) is 35.0 Å². The summed E-state index contributed by atoms with van der Waals surface area (Å²) in [4.78, 5) is 26.4. The third-order valence-corrected chi connectivity index (χ3v) is 6.43. The number of hydrogen-bond donors (Lipinski definition) is 0. The van der Waals surface area contributed by atoms with Gasteiger partial charge in [0.25, 0.3) is 5.56 Å². The Bertz CT molecular complexity index is 1490. The molecule has 0 amide bonds. The fourth-order valence-electron chi connectivity index (χ4n) is 4.84. The first-order valence-electron chi connectivity index (χ1n) is 11.5. The van der Waals surface area contributed by atoms with Crippen molar-refractivity contribution < 1.29 is 9.47 Å². The third kappa shape index (κ3) is 3.47. The van der Waals surface area contributed by atoms with Crippen LogP contribution in [0.4, 0.5) is 0 Å². The van der Waals surface area contributed by atoms with E-state index in [1.807, 2.05) is 69.3 Å². The molecular weight excluding hydrogens is 430 g/mol. The van der Waals surface area contributed by atoms with Gasteiger partial charge in [-0.05, 0) is 44.0 Å². The predicted molar refractivity (Wildman–Crippen MR) is 133 cm³/mol. The number of benzene rings is 2. The van der Waals surface area contributed by atoms with Crippen LogP contribution in [0, 0.1) is 6.92 Å². The smallest absolute Gasteiger partial charge is 0.331 e. The number of ether oxygens (including phenoxy) is 2. The van der Waals surface area contributed by atoms with Crippen LogP contribution in [0.5, 0.6) is 5.75 Å². The molecule has 0 saturated carbocycles. The van der Waals surface area contributed by atoms with Crippen molar-refractivity contribution >= 4 is 10.9 Å². The lowest BCUT2D eigenvalue weighted by atomic mass is 10.0. The molecular formula is C27H29N3O4. The molecule has 0 fully saturated rings. The van der Waals surface area contributed by atoms with Gasteiger partial charge in [0.1, 0.15) is 11.9 Å². The molecule has 4 aromatic rings. The number of nitrogens with zero attached hydrogens (tertiary/aromatic N) is 3. The quantitative estimate of drug-likeness (QED) is 0.464. The minimum atomic E-state index is -0.416. The molecule has 2 aromatic carbocycles. The fraction of sp³-hybridized carbons (Fsp3) is 0.333. The summed E-state index contributed by atoms with van der Waals surface area (Å²) in [6, 6.07) is 16.0. The summed E-state index contributed by atoms with van der Waals surface area (Å²) in [6.45, 7) is 7.11. The zero-order valence-corrected chi connectivity index (χ0v) is 20.2. The lowest BCUT2D eigenvalue weighted by Crippen LogP contribution is -2.37. The maximum Gasteiger partial charge on any atom is 0.331 e. The highest BCUT2D eigenvalue weighted by Gasteiger charge is 2.33. The molecule has 1 aliphatic rings. The van der Waals surface area contributed by atoms with Gasteiger partial charge in [0.15, 0.2) is 0 Å². The van der Waals surface area contributed by atoms with E-state index in [0.717, 1.165) is 33.8 Å². The number of fused-ring (bicyclic) bond motifs is 3. The lowest BCUT2D eigenvalue weighted by Gasteiger charge is -2.28. The van der Waals surface area contributed by atoms with Gasteiger partial charge in [0.2, 0.25) is 0 Å². The molecule has 3 heterocycles. The Kier molecular flexibility index (Phi) is 5.44. The van der Waals surface area contributed by atoms with Crippen molar-refractivity contribution in [3.8, 4) is 17.0 Å². The molecule has 176 valence electrons. The van der Waals surface area contributed by atoms with E-state index in [1.165, 1.54) is 11.6 Å². The summed E-state index contributed by atoms with van der Waals surface area (Å²) in [5.41, 5.74) is 4.65. The molecule has 1 aliphatic heterocycles. The second kappa shape index (κ2) is 8.33. The largest absolute Gasteiger partial charge is 0.491 e. The Hall–Kier alpha value is -3.58. The van der Waals surface area contributed by atoms with Gasteiger partial charge in [-0.1, -0.05) is 42.0 Å². The summed E-state index contributed by atoms with van der Waals surface area (Å²) in [5.74, 6) is 0.788. The predicted octanol–water partition coefficient (Wildman–Crippen LogP) is 3.92. The first-order chi connectivity index (χ1) is 16.3. The highest BCUT2D eigenvalue weighted by Crippen LogP contribution is 2.40. The van der Waals surface area contributed by atoms with Gasteiger partial charge in [-0.2, -0.15) is 0 Å². The van der Waals surface area contributed by atoms with Crippen molar-refractivity contribution in [2.75, 3.05) is 6.61 Å². The van der Waals surface area contributed by atoms with Gasteiger partial charge in [-0.15, -0.1) is 0 Å². The van der Waals surface area contributed by atoms with Crippen molar-refractivity contribution in [1.29, 1.82) is 0 Å². The van der Waals surface area contributed by atoms with E-state index in [1.54, 1.807) is 11.6 Å². The van der Waals surface area contributed by atoms with E-state index in [9.17, 15) is 9.59 Å². The van der Waals surface area contributed by atoms with Crippen LogP contribution in [0.25, 0.3) is 22.2 Å². The molecule has 2 aromatic heterocycles. The van der Waals surface area contributed by atoms with E-state index in [0.29, 0.717) is 24.1 Å². The van der Waals surface area contributed by atoms with Crippen molar-refractivity contribution in [2.24, 2.45) is 14.1 Å². The van der Waals surface area contributed by atoms with Crippen LogP contribution >= 0.6 is 0 Å². The highest BCUT2D eigenvalue weighted by molar-refractivity contribution is 5.96. The molecule has 0 bridgehead atoms. The first kappa shape index (κ1) is 22.2. The molecule has 7 nitrogen and oxygen atoms in total. The van der Waals surface area contributed by atoms with Crippen LogP contribution in [-0.4, -0.2) is 26.4 Å². The van der Waals surface area contributed by atoms with E-state index >= 15 is 0 Å². The summed E-state index contributed by atoms with van der Waals surface area (Å²) >= 11 is 0. The normalized spacial score (nSPS) is 15.6. The standard InChI is InChI=1S/C27H29N3O4/c1-16(2)34-20-12-10-19(11-13-20)25-24-23-21(26(31)29(5)27(32)28(23)4)22(30(24)14-15-33-25)18-8-6-17(3)7-9-18/h6-13,16,25H,14-15H2,1-5H3/t25-/m0/s1.